The molecule has 6 aromatic carbocycles. The molecular weight excluding hydrogens is 669 g/mol. The molecule has 0 saturated heterocycles. The summed E-state index contributed by atoms with van der Waals surface area (Å²) in [5.74, 6) is -0.120. The van der Waals surface area contributed by atoms with Gasteiger partial charge in [0, 0.05) is 69.8 Å². The fourth-order valence-corrected chi connectivity index (χ4v) is 5.78. The molecule has 0 spiro atoms. The summed E-state index contributed by atoms with van der Waals surface area (Å²) < 4.78 is 0. The maximum atomic E-state index is 11.1. The molecule has 6 rings (SSSR count). The summed E-state index contributed by atoms with van der Waals surface area (Å²) in [6, 6.07) is 46.7. The number of aromatic hydroxyl groups is 2. The minimum absolute atomic E-state index is 0.0601. The van der Waals surface area contributed by atoms with Gasteiger partial charge >= 0.3 is 0 Å². The van der Waals surface area contributed by atoms with Gasteiger partial charge in [-0.2, -0.15) is 10.5 Å². The second-order valence-corrected chi connectivity index (χ2v) is 12.9. The van der Waals surface area contributed by atoms with Crippen molar-refractivity contribution in [3.63, 3.8) is 0 Å². The zero-order valence-corrected chi connectivity index (χ0v) is 30.4. The number of phenolic OH excluding ortho intramolecular Hbond substituents is 2. The number of anilines is 6. The summed E-state index contributed by atoms with van der Waals surface area (Å²) in [6.07, 6.45) is 2.65. The second-order valence-electron chi connectivity index (χ2n) is 12.9. The molecule has 8 nitrogen and oxygen atoms in total. The molecule has 0 atom stereocenters. The molecule has 8 heteroatoms. The predicted octanol–water partition coefficient (Wildman–Crippen LogP) is 11.1. The van der Waals surface area contributed by atoms with E-state index in [2.05, 4.69) is 9.98 Å². The van der Waals surface area contributed by atoms with E-state index >= 15 is 0 Å². The third kappa shape index (κ3) is 8.37. The van der Waals surface area contributed by atoms with Crippen LogP contribution in [-0.2, 0) is 0 Å². The van der Waals surface area contributed by atoms with Gasteiger partial charge < -0.3 is 20.0 Å². The Kier molecular flexibility index (Phi) is 11.0. The van der Waals surface area contributed by atoms with Crippen LogP contribution in [0, 0.1) is 50.4 Å². The number of hydrogen-bond donors (Lipinski definition) is 2. The van der Waals surface area contributed by atoms with Crippen LogP contribution in [-0.4, -0.2) is 22.6 Å². The molecule has 0 aliphatic carbocycles. The molecule has 0 radical (unpaired) electrons. The van der Waals surface area contributed by atoms with Crippen molar-refractivity contribution in [1.29, 1.82) is 10.5 Å². The van der Waals surface area contributed by atoms with Gasteiger partial charge in [-0.1, -0.05) is 70.8 Å². The fourth-order valence-electron chi connectivity index (χ4n) is 5.78. The molecule has 0 aromatic heterocycles. The lowest BCUT2D eigenvalue weighted by Gasteiger charge is -2.26. The Morgan fingerprint density at radius 2 is 0.704 bits per heavy atom. The van der Waals surface area contributed by atoms with Crippen LogP contribution >= 0.6 is 0 Å². The molecule has 54 heavy (non-hydrogen) atoms. The Bertz CT molecular complexity index is 2190. The first kappa shape index (κ1) is 36.4. The highest BCUT2D eigenvalue weighted by Gasteiger charge is 2.16. The molecule has 0 fully saturated rings. The molecule has 2 N–H and O–H groups in total. The standard InChI is InChI=1S/C46H38N6O2/c1-31-5-15-37(16-6-31)51(38-17-7-32(2)8-18-38)41-23-13-35(45(53)25-41)29-49-43(27-47)44(28-48)50-30-36-14-24-42(26-46(36)54)52(39-19-9-33(3)10-20-39)40-21-11-34(4)12-22-40/h5-26,29-30,53-54H,1-4H3. The lowest BCUT2D eigenvalue weighted by molar-refractivity contribution is 0.474. The quantitative estimate of drug-likeness (QED) is 0.108. The van der Waals surface area contributed by atoms with E-state index in [0.717, 1.165) is 56.4 Å². The maximum Gasteiger partial charge on any atom is 0.176 e. The smallest absolute Gasteiger partial charge is 0.176 e. The van der Waals surface area contributed by atoms with Crippen LogP contribution in [0.1, 0.15) is 33.4 Å². The van der Waals surface area contributed by atoms with Gasteiger partial charge in [-0.25, -0.2) is 9.98 Å². The molecule has 0 aliphatic heterocycles. The summed E-state index contributed by atoms with van der Waals surface area (Å²) in [5, 5.41) is 42.0. The number of allylic oxidation sites excluding steroid dienone is 2. The van der Waals surface area contributed by atoms with Crippen molar-refractivity contribution < 1.29 is 10.2 Å². The number of benzene rings is 6. The van der Waals surface area contributed by atoms with Crippen LogP contribution in [0.15, 0.2) is 155 Å². The van der Waals surface area contributed by atoms with Gasteiger partial charge in [-0.3, -0.25) is 0 Å². The van der Waals surface area contributed by atoms with Gasteiger partial charge in [0.25, 0.3) is 0 Å². The average molecular weight is 707 g/mol. The van der Waals surface area contributed by atoms with Crippen LogP contribution < -0.4 is 9.80 Å². The number of rotatable bonds is 10. The minimum atomic E-state index is -0.251. The van der Waals surface area contributed by atoms with E-state index in [1.54, 1.807) is 24.3 Å². The number of aliphatic imine (C=N–C) groups is 2. The van der Waals surface area contributed by atoms with Crippen molar-refractivity contribution in [2.45, 2.75) is 27.7 Å². The Labute approximate surface area is 315 Å². The zero-order chi connectivity index (χ0) is 38.2. The Morgan fingerprint density at radius 3 is 0.944 bits per heavy atom. The van der Waals surface area contributed by atoms with Crippen molar-refractivity contribution in [2.75, 3.05) is 9.80 Å². The van der Waals surface area contributed by atoms with E-state index in [-0.39, 0.29) is 22.9 Å². The third-order valence-electron chi connectivity index (χ3n) is 8.81. The van der Waals surface area contributed by atoms with E-state index in [9.17, 15) is 20.7 Å². The maximum absolute atomic E-state index is 11.1. The molecule has 0 amide bonds. The highest BCUT2D eigenvalue weighted by Crippen LogP contribution is 2.38. The summed E-state index contributed by atoms with van der Waals surface area (Å²) in [4.78, 5) is 12.5. The lowest BCUT2D eigenvalue weighted by atomic mass is 10.1. The second kappa shape index (κ2) is 16.3. The minimum Gasteiger partial charge on any atom is -0.507 e. The number of nitriles is 2. The molecule has 0 heterocycles. The number of nitrogens with zero attached hydrogens (tertiary/aromatic N) is 6. The van der Waals surface area contributed by atoms with E-state index < -0.39 is 0 Å². The summed E-state index contributed by atoms with van der Waals surface area (Å²) >= 11 is 0. The molecule has 264 valence electrons. The van der Waals surface area contributed by atoms with Gasteiger partial charge in [0.15, 0.2) is 11.4 Å². The van der Waals surface area contributed by atoms with Crippen molar-refractivity contribution in [1.82, 2.24) is 0 Å². The third-order valence-corrected chi connectivity index (χ3v) is 8.81. The molecule has 0 aliphatic rings. The Hall–Kier alpha value is -7.42. The summed E-state index contributed by atoms with van der Waals surface area (Å²) in [6.45, 7) is 8.12. The van der Waals surface area contributed by atoms with Crippen LogP contribution in [0.25, 0.3) is 0 Å². The highest BCUT2D eigenvalue weighted by molar-refractivity contribution is 5.89. The van der Waals surface area contributed by atoms with Gasteiger partial charge in [-0.15, -0.1) is 0 Å². The first-order valence-corrected chi connectivity index (χ1v) is 17.3. The number of hydrogen-bond acceptors (Lipinski definition) is 8. The van der Waals surface area contributed by atoms with Crippen molar-refractivity contribution in [2.24, 2.45) is 9.98 Å². The van der Waals surface area contributed by atoms with Gasteiger partial charge in [0.1, 0.15) is 23.6 Å². The molecule has 0 saturated carbocycles. The normalized spacial score (nSPS) is 11.6. The SMILES string of the molecule is Cc1ccc(N(c2ccc(C)cc2)c2ccc(C=NC(C#N)=C(C#N)N=Cc3ccc(N(c4ccc(C)cc4)c4ccc(C)cc4)cc3O)c(O)c2)cc1. The zero-order valence-electron chi connectivity index (χ0n) is 30.4. The number of phenols is 2. The van der Waals surface area contributed by atoms with Gasteiger partial charge in [0.05, 0.1) is 0 Å². The van der Waals surface area contributed by atoms with Crippen LogP contribution in [0.3, 0.4) is 0 Å². The van der Waals surface area contributed by atoms with Crippen LogP contribution in [0.5, 0.6) is 11.5 Å². The van der Waals surface area contributed by atoms with E-state index in [4.69, 9.17) is 0 Å². The first-order valence-electron chi connectivity index (χ1n) is 17.3. The fraction of sp³-hybridized carbons (Fsp3) is 0.0870. The average Bonchev–Trinajstić information content (AvgIpc) is 3.17. The monoisotopic (exact) mass is 706 g/mol. The molecule has 0 bridgehead atoms. The van der Waals surface area contributed by atoms with Crippen molar-refractivity contribution in [3.05, 3.63) is 178 Å². The van der Waals surface area contributed by atoms with Crippen LogP contribution in [0.2, 0.25) is 0 Å². The first-order chi connectivity index (χ1) is 26.1. The lowest BCUT2D eigenvalue weighted by Crippen LogP contribution is -2.10. The van der Waals surface area contributed by atoms with Gasteiger partial charge in [0.2, 0.25) is 0 Å². The Morgan fingerprint density at radius 1 is 0.444 bits per heavy atom. The topological polar surface area (TPSA) is 119 Å². The molecular formula is C46H38N6O2. The number of aryl methyl sites for hydroxylation is 4. The van der Waals surface area contributed by atoms with Gasteiger partial charge in [-0.05, 0) is 100 Å². The summed E-state index contributed by atoms with van der Waals surface area (Å²) in [7, 11) is 0. The van der Waals surface area contributed by atoms with Crippen molar-refractivity contribution >= 4 is 46.6 Å². The largest absolute Gasteiger partial charge is 0.507 e. The molecule has 0 unspecified atom stereocenters. The summed E-state index contributed by atoms with van der Waals surface area (Å²) in [5.41, 5.74) is 9.87. The van der Waals surface area contributed by atoms with Crippen molar-refractivity contribution in [3.8, 4) is 23.6 Å². The van der Waals surface area contributed by atoms with E-state index in [1.165, 1.54) is 12.4 Å². The molecule has 6 aromatic rings. The van der Waals surface area contributed by atoms with Crippen LogP contribution in [0.4, 0.5) is 34.1 Å². The predicted molar refractivity (Wildman–Crippen MR) is 218 cm³/mol. The van der Waals surface area contributed by atoms with E-state index in [0.29, 0.717) is 11.1 Å². The highest BCUT2D eigenvalue weighted by atomic mass is 16.3. The van der Waals surface area contributed by atoms with E-state index in [1.807, 2.05) is 159 Å². The Balaban J connectivity index is 1.26.